The summed E-state index contributed by atoms with van der Waals surface area (Å²) in [6, 6.07) is 7.01. The zero-order chi connectivity index (χ0) is 11.7. The first-order valence-electron chi connectivity index (χ1n) is 4.83. The van der Waals surface area contributed by atoms with Crippen molar-refractivity contribution < 1.29 is 4.92 Å². The van der Waals surface area contributed by atoms with Gasteiger partial charge in [0, 0.05) is 30.4 Å². The minimum Gasteiger partial charge on any atom is -0.268 e. The maximum Gasteiger partial charge on any atom is 0.272 e. The van der Waals surface area contributed by atoms with Crippen LogP contribution in [0.4, 0.5) is 5.69 Å². The van der Waals surface area contributed by atoms with Gasteiger partial charge in [-0.05, 0) is 13.0 Å². The molecule has 0 aliphatic carbocycles. The third-order valence-electron chi connectivity index (χ3n) is 2.52. The van der Waals surface area contributed by atoms with E-state index in [1.54, 1.807) is 37.0 Å². The first-order valence-corrected chi connectivity index (χ1v) is 4.83. The molecule has 0 aliphatic heterocycles. The number of nitro benzene ring substituents is 1. The Hall–Kier alpha value is -2.17. The Morgan fingerprint density at radius 3 is 2.69 bits per heavy atom. The van der Waals surface area contributed by atoms with Crippen molar-refractivity contribution in [3.8, 4) is 11.3 Å². The van der Waals surface area contributed by atoms with E-state index in [4.69, 9.17) is 0 Å². The molecule has 0 saturated heterocycles. The van der Waals surface area contributed by atoms with Crippen LogP contribution in [-0.2, 0) is 7.05 Å². The standard InChI is InChI=1S/C11H11N3O2/c1-8-3-4-9(7-11(8)14(15)16)10-5-6-12-13(10)2/h3-7H,1-2H3. The van der Waals surface area contributed by atoms with Gasteiger partial charge in [0.25, 0.3) is 5.69 Å². The molecule has 5 heteroatoms. The normalized spacial score (nSPS) is 10.4. The lowest BCUT2D eigenvalue weighted by Gasteiger charge is -2.03. The molecule has 0 spiro atoms. The molecule has 0 amide bonds. The molecule has 1 aromatic heterocycles. The van der Waals surface area contributed by atoms with E-state index in [-0.39, 0.29) is 10.6 Å². The Labute approximate surface area is 92.5 Å². The number of rotatable bonds is 2. The predicted molar refractivity (Wildman–Crippen MR) is 60.0 cm³/mol. The number of aryl methyl sites for hydroxylation is 2. The summed E-state index contributed by atoms with van der Waals surface area (Å²) in [5.74, 6) is 0. The first kappa shape index (κ1) is 10.4. The van der Waals surface area contributed by atoms with Gasteiger partial charge in [-0.2, -0.15) is 5.10 Å². The van der Waals surface area contributed by atoms with Crippen molar-refractivity contribution in [2.24, 2.45) is 7.05 Å². The van der Waals surface area contributed by atoms with Crippen LogP contribution < -0.4 is 0 Å². The quantitative estimate of drug-likeness (QED) is 0.572. The molecule has 0 unspecified atom stereocenters. The first-order chi connectivity index (χ1) is 7.59. The Kier molecular flexibility index (Phi) is 2.44. The third kappa shape index (κ3) is 1.67. The lowest BCUT2D eigenvalue weighted by atomic mass is 10.1. The maximum absolute atomic E-state index is 10.8. The van der Waals surface area contributed by atoms with Gasteiger partial charge in [-0.15, -0.1) is 0 Å². The summed E-state index contributed by atoms with van der Waals surface area (Å²) in [5.41, 5.74) is 2.47. The van der Waals surface area contributed by atoms with E-state index in [0.29, 0.717) is 5.56 Å². The molecule has 2 rings (SSSR count). The van der Waals surface area contributed by atoms with Crippen LogP contribution in [0, 0.1) is 17.0 Å². The highest BCUT2D eigenvalue weighted by atomic mass is 16.6. The van der Waals surface area contributed by atoms with Crippen molar-refractivity contribution in [1.82, 2.24) is 9.78 Å². The molecule has 0 N–H and O–H groups in total. The number of aromatic nitrogens is 2. The van der Waals surface area contributed by atoms with E-state index in [0.717, 1.165) is 11.3 Å². The average molecular weight is 217 g/mol. The summed E-state index contributed by atoms with van der Waals surface area (Å²) in [4.78, 5) is 10.4. The molecule has 0 bridgehead atoms. The lowest BCUT2D eigenvalue weighted by molar-refractivity contribution is -0.385. The highest BCUT2D eigenvalue weighted by Crippen LogP contribution is 2.26. The summed E-state index contributed by atoms with van der Waals surface area (Å²) in [5, 5.41) is 14.8. The molecule has 0 atom stereocenters. The van der Waals surface area contributed by atoms with Crippen molar-refractivity contribution in [2.45, 2.75) is 6.92 Å². The molecule has 0 aliphatic rings. The topological polar surface area (TPSA) is 61.0 Å². The van der Waals surface area contributed by atoms with E-state index in [9.17, 15) is 10.1 Å². The van der Waals surface area contributed by atoms with Crippen LogP contribution in [0.25, 0.3) is 11.3 Å². The average Bonchev–Trinajstić information content (AvgIpc) is 2.65. The molecule has 5 nitrogen and oxygen atoms in total. The van der Waals surface area contributed by atoms with E-state index in [2.05, 4.69) is 5.10 Å². The largest absolute Gasteiger partial charge is 0.272 e. The SMILES string of the molecule is Cc1ccc(-c2ccnn2C)cc1[N+](=O)[O-]. The fraction of sp³-hybridized carbons (Fsp3) is 0.182. The van der Waals surface area contributed by atoms with Crippen molar-refractivity contribution in [3.05, 3.63) is 46.1 Å². The zero-order valence-corrected chi connectivity index (χ0v) is 9.04. The van der Waals surface area contributed by atoms with Crippen molar-refractivity contribution in [2.75, 3.05) is 0 Å². The van der Waals surface area contributed by atoms with Gasteiger partial charge in [-0.25, -0.2) is 0 Å². The summed E-state index contributed by atoms with van der Waals surface area (Å²) in [6.07, 6.45) is 1.67. The van der Waals surface area contributed by atoms with Crippen molar-refractivity contribution in [1.29, 1.82) is 0 Å². The van der Waals surface area contributed by atoms with Crippen molar-refractivity contribution >= 4 is 5.69 Å². The van der Waals surface area contributed by atoms with Crippen LogP contribution >= 0.6 is 0 Å². The summed E-state index contributed by atoms with van der Waals surface area (Å²) in [6.45, 7) is 1.73. The Morgan fingerprint density at radius 2 is 2.12 bits per heavy atom. The summed E-state index contributed by atoms with van der Waals surface area (Å²) < 4.78 is 1.69. The van der Waals surface area contributed by atoms with Gasteiger partial charge in [-0.1, -0.05) is 12.1 Å². The Balaban J connectivity index is 2.56. The van der Waals surface area contributed by atoms with Gasteiger partial charge in [0.2, 0.25) is 0 Å². The Bertz CT molecular complexity index is 546. The second kappa shape index (κ2) is 3.77. The van der Waals surface area contributed by atoms with Crippen molar-refractivity contribution in [3.63, 3.8) is 0 Å². The van der Waals surface area contributed by atoms with Gasteiger partial charge < -0.3 is 0 Å². The van der Waals surface area contributed by atoms with Crippen LogP contribution in [0.15, 0.2) is 30.5 Å². The summed E-state index contributed by atoms with van der Waals surface area (Å²) >= 11 is 0. The zero-order valence-electron chi connectivity index (χ0n) is 9.04. The predicted octanol–water partition coefficient (Wildman–Crippen LogP) is 2.30. The van der Waals surface area contributed by atoms with E-state index >= 15 is 0 Å². The molecule has 0 saturated carbocycles. The monoisotopic (exact) mass is 217 g/mol. The van der Waals surface area contributed by atoms with Crippen LogP contribution in [0.5, 0.6) is 0 Å². The minimum atomic E-state index is -0.366. The number of nitrogens with zero attached hydrogens (tertiary/aromatic N) is 3. The van der Waals surface area contributed by atoms with Gasteiger partial charge in [0.05, 0.1) is 10.6 Å². The molecule has 0 fully saturated rings. The van der Waals surface area contributed by atoms with E-state index < -0.39 is 0 Å². The van der Waals surface area contributed by atoms with Crippen LogP contribution in [0.3, 0.4) is 0 Å². The van der Waals surface area contributed by atoms with Gasteiger partial charge in [-0.3, -0.25) is 14.8 Å². The minimum absolute atomic E-state index is 0.138. The van der Waals surface area contributed by atoms with Crippen LogP contribution in [-0.4, -0.2) is 14.7 Å². The Morgan fingerprint density at radius 1 is 1.38 bits per heavy atom. The number of hydrogen-bond acceptors (Lipinski definition) is 3. The van der Waals surface area contributed by atoms with Gasteiger partial charge >= 0.3 is 0 Å². The van der Waals surface area contributed by atoms with E-state index in [1.807, 2.05) is 12.1 Å². The number of nitro groups is 1. The molecule has 2 aromatic rings. The third-order valence-corrected chi connectivity index (χ3v) is 2.52. The lowest BCUT2D eigenvalue weighted by Crippen LogP contribution is -1.96. The smallest absolute Gasteiger partial charge is 0.268 e. The van der Waals surface area contributed by atoms with Gasteiger partial charge in [0.1, 0.15) is 0 Å². The number of hydrogen-bond donors (Lipinski definition) is 0. The highest BCUT2D eigenvalue weighted by Gasteiger charge is 2.12. The summed E-state index contributed by atoms with van der Waals surface area (Å²) in [7, 11) is 1.81. The molecular formula is C11H11N3O2. The molecule has 82 valence electrons. The second-order valence-electron chi connectivity index (χ2n) is 3.60. The van der Waals surface area contributed by atoms with Gasteiger partial charge in [0.15, 0.2) is 0 Å². The molecule has 1 heterocycles. The highest BCUT2D eigenvalue weighted by molar-refractivity contribution is 5.64. The van der Waals surface area contributed by atoms with Crippen LogP contribution in [0.2, 0.25) is 0 Å². The molecular weight excluding hydrogens is 206 g/mol. The van der Waals surface area contributed by atoms with E-state index in [1.165, 1.54) is 0 Å². The maximum atomic E-state index is 10.8. The fourth-order valence-corrected chi connectivity index (χ4v) is 1.62. The second-order valence-corrected chi connectivity index (χ2v) is 3.60. The molecule has 0 radical (unpaired) electrons. The van der Waals surface area contributed by atoms with Crippen LogP contribution in [0.1, 0.15) is 5.56 Å². The number of benzene rings is 1. The fourth-order valence-electron chi connectivity index (χ4n) is 1.62. The molecule has 16 heavy (non-hydrogen) atoms. The molecule has 1 aromatic carbocycles.